The third-order valence-electron chi connectivity index (χ3n) is 10.5. The highest BCUT2D eigenvalue weighted by molar-refractivity contribution is 5.77. The van der Waals surface area contributed by atoms with Gasteiger partial charge in [0, 0.05) is 6.42 Å². The first kappa shape index (κ1) is 56.0. The summed E-state index contributed by atoms with van der Waals surface area (Å²) in [6.45, 7) is 6.29. The largest absolute Gasteiger partial charge is 0.462 e. The number of aliphatic hydroxyl groups excluding tert-OH is 2. The van der Waals surface area contributed by atoms with Crippen LogP contribution in [0.4, 0.5) is 0 Å². The number of ether oxygens (including phenoxy) is 1. The molecular formula is C53H91NO5. The van der Waals surface area contributed by atoms with Crippen molar-refractivity contribution in [1.29, 1.82) is 0 Å². The summed E-state index contributed by atoms with van der Waals surface area (Å²) in [4.78, 5) is 26.0. The van der Waals surface area contributed by atoms with Gasteiger partial charge < -0.3 is 20.3 Å². The lowest BCUT2D eigenvalue weighted by Crippen LogP contribution is -2.46. The van der Waals surface area contributed by atoms with Gasteiger partial charge in [-0.3, -0.25) is 9.59 Å². The molecule has 0 fully saturated rings. The third kappa shape index (κ3) is 41.6. The Kier molecular flexibility index (Phi) is 43.8. The van der Waals surface area contributed by atoms with Crippen molar-refractivity contribution in [3.05, 3.63) is 85.1 Å². The van der Waals surface area contributed by atoms with Gasteiger partial charge in [-0.15, -0.1) is 0 Å². The maximum atomic E-state index is 13.2. The van der Waals surface area contributed by atoms with E-state index in [4.69, 9.17) is 4.74 Å². The molecule has 0 heterocycles. The molecule has 0 saturated heterocycles. The van der Waals surface area contributed by atoms with Crippen LogP contribution < -0.4 is 5.32 Å². The van der Waals surface area contributed by atoms with Gasteiger partial charge in [-0.2, -0.15) is 0 Å². The SMILES string of the molecule is CC/C=C\C/C=C\C/C=C\C/C=C\C/C=C\CCCC(=O)OC(CCCCCC/C=C/C=C/CCCCC)CC(=O)NC(CO)C(O)CCCCCCCCCCCC. The van der Waals surface area contributed by atoms with Gasteiger partial charge in [-0.1, -0.05) is 196 Å². The molecule has 0 aliphatic rings. The molecule has 0 aromatic carbocycles. The standard InChI is InChI=1S/C53H91NO5/c1-4-7-10-13-16-19-22-24-25-26-27-29-31-34-37-40-43-46-53(58)59-49(44-41-38-35-32-30-28-23-20-17-14-11-8-5-2)47-52(57)54-50(48-55)51(56)45-42-39-36-33-21-18-15-12-9-6-3/h7,10,16-17,19-20,23-25,27-29,34,37,49-51,55-56H,4-6,8-9,11-15,18,21-22,26,30-33,35-36,38-48H2,1-3H3,(H,54,57)/b10-7-,19-16-,20-17+,25-24-,28-23+,29-27-,37-34-. The van der Waals surface area contributed by atoms with E-state index in [0.717, 1.165) is 96.3 Å². The molecule has 6 nitrogen and oxygen atoms in total. The van der Waals surface area contributed by atoms with Crippen LogP contribution >= 0.6 is 0 Å². The number of carbonyl (C=O) groups excluding carboxylic acids is 2. The monoisotopic (exact) mass is 822 g/mol. The zero-order valence-corrected chi connectivity index (χ0v) is 38.4. The Bertz CT molecular complexity index is 1150. The first-order valence-electron chi connectivity index (χ1n) is 24.3. The molecule has 0 radical (unpaired) electrons. The smallest absolute Gasteiger partial charge is 0.306 e. The molecule has 0 spiro atoms. The van der Waals surface area contributed by atoms with Gasteiger partial charge in [-0.25, -0.2) is 0 Å². The Morgan fingerprint density at radius 3 is 1.51 bits per heavy atom. The predicted molar refractivity (Wildman–Crippen MR) is 254 cm³/mol. The number of unbranched alkanes of at least 4 members (excludes halogenated alkanes) is 17. The minimum absolute atomic E-state index is 0.0370. The first-order valence-corrected chi connectivity index (χ1v) is 24.3. The minimum atomic E-state index is -0.805. The number of rotatable bonds is 42. The van der Waals surface area contributed by atoms with Crippen LogP contribution in [0.15, 0.2) is 85.1 Å². The number of amides is 1. The van der Waals surface area contributed by atoms with Crippen LogP contribution in [0.2, 0.25) is 0 Å². The van der Waals surface area contributed by atoms with Crippen LogP contribution in [-0.4, -0.2) is 46.9 Å². The average Bonchev–Trinajstić information content (AvgIpc) is 3.23. The van der Waals surface area contributed by atoms with E-state index in [9.17, 15) is 19.8 Å². The van der Waals surface area contributed by atoms with Crippen molar-refractivity contribution >= 4 is 11.9 Å². The quantitative estimate of drug-likeness (QED) is 0.0247. The summed E-state index contributed by atoms with van der Waals surface area (Å²) in [7, 11) is 0. The van der Waals surface area contributed by atoms with Gasteiger partial charge in [0.05, 0.1) is 25.2 Å². The lowest BCUT2D eigenvalue weighted by molar-refractivity contribution is -0.151. The van der Waals surface area contributed by atoms with E-state index >= 15 is 0 Å². The number of hydrogen-bond acceptors (Lipinski definition) is 5. The molecule has 0 aromatic heterocycles. The van der Waals surface area contributed by atoms with Crippen LogP contribution in [-0.2, 0) is 14.3 Å². The van der Waals surface area contributed by atoms with Crippen LogP contribution in [0.25, 0.3) is 0 Å². The van der Waals surface area contributed by atoms with Gasteiger partial charge in [0.15, 0.2) is 0 Å². The molecule has 338 valence electrons. The summed E-state index contributed by atoms with van der Waals surface area (Å²) in [6.07, 6.45) is 59.3. The van der Waals surface area contributed by atoms with Gasteiger partial charge in [0.1, 0.15) is 6.10 Å². The maximum absolute atomic E-state index is 13.2. The molecule has 3 unspecified atom stereocenters. The average molecular weight is 822 g/mol. The number of aliphatic hydroxyl groups is 2. The molecule has 3 N–H and O–H groups in total. The molecule has 0 saturated carbocycles. The second-order valence-electron chi connectivity index (χ2n) is 16.2. The highest BCUT2D eigenvalue weighted by atomic mass is 16.5. The lowest BCUT2D eigenvalue weighted by Gasteiger charge is -2.24. The highest BCUT2D eigenvalue weighted by Gasteiger charge is 2.24. The fourth-order valence-electron chi connectivity index (χ4n) is 6.81. The fourth-order valence-corrected chi connectivity index (χ4v) is 6.81. The van der Waals surface area contributed by atoms with Crippen molar-refractivity contribution in [3.63, 3.8) is 0 Å². The van der Waals surface area contributed by atoms with Crippen molar-refractivity contribution < 1.29 is 24.5 Å². The second-order valence-corrected chi connectivity index (χ2v) is 16.2. The molecule has 0 bridgehead atoms. The van der Waals surface area contributed by atoms with E-state index in [1.165, 1.54) is 64.2 Å². The molecule has 0 aliphatic heterocycles. The van der Waals surface area contributed by atoms with E-state index in [-0.39, 0.29) is 24.9 Å². The predicted octanol–water partition coefficient (Wildman–Crippen LogP) is 14.4. The molecule has 0 aliphatic carbocycles. The van der Waals surface area contributed by atoms with Crippen LogP contribution in [0, 0.1) is 0 Å². The van der Waals surface area contributed by atoms with E-state index in [0.29, 0.717) is 25.7 Å². The number of carbonyl (C=O) groups is 2. The Balaban J connectivity index is 4.73. The van der Waals surface area contributed by atoms with E-state index in [2.05, 4.69) is 111 Å². The molecule has 1 amide bonds. The molecule has 6 heteroatoms. The Hall–Kier alpha value is -2.96. The van der Waals surface area contributed by atoms with Gasteiger partial charge in [0.2, 0.25) is 5.91 Å². The fraction of sp³-hybridized carbons (Fsp3) is 0.698. The van der Waals surface area contributed by atoms with E-state index in [1.54, 1.807) is 0 Å². The summed E-state index contributed by atoms with van der Waals surface area (Å²) < 4.78 is 5.88. The zero-order valence-electron chi connectivity index (χ0n) is 38.4. The van der Waals surface area contributed by atoms with Gasteiger partial charge in [0.25, 0.3) is 0 Å². The minimum Gasteiger partial charge on any atom is -0.462 e. The van der Waals surface area contributed by atoms with Crippen molar-refractivity contribution in [3.8, 4) is 0 Å². The highest BCUT2D eigenvalue weighted by Crippen LogP contribution is 2.16. The molecule has 59 heavy (non-hydrogen) atoms. The Morgan fingerprint density at radius 1 is 0.525 bits per heavy atom. The van der Waals surface area contributed by atoms with Crippen molar-refractivity contribution in [2.45, 2.75) is 232 Å². The number of hydrogen-bond donors (Lipinski definition) is 3. The lowest BCUT2D eigenvalue weighted by atomic mass is 10.0. The topological polar surface area (TPSA) is 95.9 Å². The van der Waals surface area contributed by atoms with Crippen molar-refractivity contribution in [2.24, 2.45) is 0 Å². The van der Waals surface area contributed by atoms with Crippen LogP contribution in [0.5, 0.6) is 0 Å². The van der Waals surface area contributed by atoms with Gasteiger partial charge in [-0.05, 0) is 89.9 Å². The molecule has 0 aromatic rings. The number of esters is 1. The molecule has 3 atom stereocenters. The number of nitrogens with one attached hydrogen (secondary N) is 1. The number of allylic oxidation sites excluding steroid dienone is 14. The summed E-state index contributed by atoms with van der Waals surface area (Å²) in [5.74, 6) is -0.571. The zero-order chi connectivity index (χ0) is 43.1. The summed E-state index contributed by atoms with van der Waals surface area (Å²) in [6, 6.07) is -0.722. The molecular weight excluding hydrogens is 731 g/mol. The summed E-state index contributed by atoms with van der Waals surface area (Å²) in [5, 5.41) is 23.6. The maximum Gasteiger partial charge on any atom is 0.306 e. The summed E-state index contributed by atoms with van der Waals surface area (Å²) >= 11 is 0. The van der Waals surface area contributed by atoms with Gasteiger partial charge >= 0.3 is 5.97 Å². The third-order valence-corrected chi connectivity index (χ3v) is 10.5. The first-order chi connectivity index (χ1) is 29.0. The Morgan fingerprint density at radius 2 is 0.966 bits per heavy atom. The van der Waals surface area contributed by atoms with Crippen LogP contribution in [0.3, 0.4) is 0 Å². The summed E-state index contributed by atoms with van der Waals surface area (Å²) in [5.41, 5.74) is 0. The van der Waals surface area contributed by atoms with E-state index in [1.807, 2.05) is 0 Å². The Labute approximate surface area is 363 Å². The van der Waals surface area contributed by atoms with Crippen molar-refractivity contribution in [2.75, 3.05) is 6.61 Å². The molecule has 0 rings (SSSR count). The van der Waals surface area contributed by atoms with Crippen LogP contribution in [0.1, 0.15) is 213 Å². The normalized spacial score (nSPS) is 14.1. The van der Waals surface area contributed by atoms with E-state index < -0.39 is 18.2 Å². The van der Waals surface area contributed by atoms with Crippen molar-refractivity contribution in [1.82, 2.24) is 5.32 Å². The second kappa shape index (κ2) is 46.1.